The van der Waals surface area contributed by atoms with E-state index in [4.69, 9.17) is 4.74 Å². The summed E-state index contributed by atoms with van der Waals surface area (Å²) in [4.78, 5) is 11.3. The maximum Gasteiger partial charge on any atom is 0.246 e. The van der Waals surface area contributed by atoms with Crippen molar-refractivity contribution in [3.8, 4) is 0 Å². The molecular weight excluding hydrogens is 192 g/mol. The topological polar surface area (TPSA) is 50.4 Å². The monoisotopic (exact) mass is 216 g/mol. The molecule has 0 rings (SSSR count). The van der Waals surface area contributed by atoms with Crippen LogP contribution in [0.5, 0.6) is 0 Å². The van der Waals surface area contributed by atoms with Gasteiger partial charge in [0.25, 0.3) is 0 Å². The Bertz CT molecular complexity index is 172. The number of hydrogen-bond acceptors (Lipinski definition) is 3. The Hall–Kier alpha value is -0.610. The predicted molar refractivity (Wildman–Crippen MR) is 61.9 cm³/mol. The van der Waals surface area contributed by atoms with Gasteiger partial charge >= 0.3 is 0 Å². The van der Waals surface area contributed by atoms with E-state index in [1.165, 1.54) is 0 Å². The zero-order chi connectivity index (χ0) is 11.7. The molecule has 15 heavy (non-hydrogen) atoms. The van der Waals surface area contributed by atoms with Crippen LogP contribution in [0.2, 0.25) is 0 Å². The van der Waals surface area contributed by atoms with Crippen LogP contribution in [0.15, 0.2) is 0 Å². The quantitative estimate of drug-likeness (QED) is 0.593. The molecule has 1 atom stereocenters. The highest BCUT2D eigenvalue weighted by atomic mass is 16.5. The molecule has 0 aliphatic heterocycles. The molecule has 0 aromatic carbocycles. The molecule has 0 bridgehead atoms. The fourth-order valence-corrected chi connectivity index (χ4v) is 1.00. The first-order chi connectivity index (χ1) is 7.06. The van der Waals surface area contributed by atoms with Gasteiger partial charge in [0, 0.05) is 18.6 Å². The Morgan fingerprint density at radius 2 is 2.00 bits per heavy atom. The summed E-state index contributed by atoms with van der Waals surface area (Å²) in [6.45, 7) is 9.70. The van der Waals surface area contributed by atoms with E-state index in [9.17, 15) is 4.79 Å². The Morgan fingerprint density at radius 1 is 1.33 bits per heavy atom. The molecule has 2 N–H and O–H groups in total. The number of nitrogens with one attached hydrogen (secondary N) is 2. The Kier molecular flexibility index (Phi) is 8.33. The van der Waals surface area contributed by atoms with Crippen molar-refractivity contribution in [2.45, 2.75) is 46.2 Å². The van der Waals surface area contributed by atoms with Crippen LogP contribution in [0.1, 0.15) is 34.1 Å². The fourth-order valence-electron chi connectivity index (χ4n) is 1.00. The van der Waals surface area contributed by atoms with Gasteiger partial charge in [0.2, 0.25) is 5.91 Å². The third-order valence-corrected chi connectivity index (χ3v) is 2.05. The van der Waals surface area contributed by atoms with Crippen LogP contribution < -0.4 is 10.6 Å². The maximum absolute atomic E-state index is 11.3. The lowest BCUT2D eigenvalue weighted by Crippen LogP contribution is -2.35. The van der Waals surface area contributed by atoms with E-state index >= 15 is 0 Å². The lowest BCUT2D eigenvalue weighted by atomic mass is 10.2. The van der Waals surface area contributed by atoms with Crippen LogP contribution in [0.25, 0.3) is 0 Å². The zero-order valence-electron chi connectivity index (χ0n) is 10.3. The van der Waals surface area contributed by atoms with Crippen LogP contribution in [0, 0.1) is 0 Å². The van der Waals surface area contributed by atoms with Crippen LogP contribution in [0.3, 0.4) is 0 Å². The van der Waals surface area contributed by atoms with E-state index in [1.807, 2.05) is 13.8 Å². The number of carbonyl (C=O) groups excluding carboxylic acids is 1. The third kappa shape index (κ3) is 9.69. The average Bonchev–Trinajstić information content (AvgIpc) is 2.16. The van der Waals surface area contributed by atoms with Crippen molar-refractivity contribution in [1.82, 2.24) is 10.6 Å². The van der Waals surface area contributed by atoms with Crippen molar-refractivity contribution in [2.75, 3.05) is 19.8 Å². The van der Waals surface area contributed by atoms with Crippen molar-refractivity contribution in [3.05, 3.63) is 0 Å². The maximum atomic E-state index is 11.3. The van der Waals surface area contributed by atoms with Gasteiger partial charge in [0.1, 0.15) is 6.61 Å². The number of amides is 1. The van der Waals surface area contributed by atoms with Gasteiger partial charge in [-0.2, -0.15) is 0 Å². The molecule has 0 aliphatic rings. The van der Waals surface area contributed by atoms with Gasteiger partial charge in [-0.05, 0) is 13.3 Å². The summed E-state index contributed by atoms with van der Waals surface area (Å²) in [5.74, 6) is -0.0334. The predicted octanol–water partition coefficient (Wildman–Crippen LogP) is 0.916. The van der Waals surface area contributed by atoms with Gasteiger partial charge in [-0.25, -0.2) is 0 Å². The smallest absolute Gasteiger partial charge is 0.246 e. The molecular formula is C11H24N2O2. The van der Waals surface area contributed by atoms with Gasteiger partial charge in [-0.1, -0.05) is 20.8 Å². The van der Waals surface area contributed by atoms with Crippen molar-refractivity contribution >= 4 is 5.91 Å². The van der Waals surface area contributed by atoms with Crippen molar-refractivity contribution in [3.63, 3.8) is 0 Å². The molecule has 1 amide bonds. The Labute approximate surface area is 92.8 Å². The minimum Gasteiger partial charge on any atom is -0.370 e. The number of hydrogen-bond donors (Lipinski definition) is 2. The van der Waals surface area contributed by atoms with E-state index in [-0.39, 0.29) is 18.6 Å². The average molecular weight is 216 g/mol. The summed E-state index contributed by atoms with van der Waals surface area (Å²) in [6.07, 6.45) is 0.945. The number of ether oxygens (including phenoxy) is 1. The summed E-state index contributed by atoms with van der Waals surface area (Å²) in [5, 5.41) is 6.06. The second-order valence-corrected chi connectivity index (χ2v) is 4.04. The highest BCUT2D eigenvalue weighted by Crippen LogP contribution is 1.87. The Morgan fingerprint density at radius 3 is 2.53 bits per heavy atom. The van der Waals surface area contributed by atoms with E-state index in [1.54, 1.807) is 0 Å². The fraction of sp³-hybridized carbons (Fsp3) is 0.909. The molecule has 90 valence electrons. The third-order valence-electron chi connectivity index (χ3n) is 2.05. The first-order valence-electron chi connectivity index (χ1n) is 5.66. The molecule has 1 unspecified atom stereocenters. The van der Waals surface area contributed by atoms with E-state index in [0.29, 0.717) is 12.6 Å². The van der Waals surface area contributed by atoms with Crippen molar-refractivity contribution < 1.29 is 9.53 Å². The SMILES string of the molecule is CCC(C)NC(=O)COCCNC(C)C. The van der Waals surface area contributed by atoms with Crippen molar-refractivity contribution in [2.24, 2.45) is 0 Å². The van der Waals surface area contributed by atoms with Gasteiger partial charge in [0.15, 0.2) is 0 Å². The summed E-state index contributed by atoms with van der Waals surface area (Å²) in [6, 6.07) is 0.692. The van der Waals surface area contributed by atoms with Gasteiger partial charge in [0.05, 0.1) is 6.61 Å². The molecule has 0 saturated carbocycles. The first kappa shape index (κ1) is 14.4. The highest BCUT2D eigenvalue weighted by Gasteiger charge is 2.04. The lowest BCUT2D eigenvalue weighted by molar-refractivity contribution is -0.126. The highest BCUT2D eigenvalue weighted by molar-refractivity contribution is 5.77. The largest absolute Gasteiger partial charge is 0.370 e. The molecule has 0 radical (unpaired) electrons. The molecule has 4 heteroatoms. The summed E-state index contributed by atoms with van der Waals surface area (Å²) < 4.78 is 5.22. The summed E-state index contributed by atoms with van der Waals surface area (Å²) >= 11 is 0. The Balaban J connectivity index is 3.31. The number of rotatable bonds is 8. The summed E-state index contributed by atoms with van der Waals surface area (Å²) in [5.41, 5.74) is 0. The minimum absolute atomic E-state index is 0.0334. The normalized spacial score (nSPS) is 12.9. The van der Waals surface area contributed by atoms with Gasteiger partial charge in [-0.15, -0.1) is 0 Å². The molecule has 0 aliphatic carbocycles. The zero-order valence-corrected chi connectivity index (χ0v) is 10.3. The summed E-state index contributed by atoms with van der Waals surface area (Å²) in [7, 11) is 0. The van der Waals surface area contributed by atoms with E-state index in [2.05, 4.69) is 24.5 Å². The van der Waals surface area contributed by atoms with Crippen LogP contribution in [0.4, 0.5) is 0 Å². The van der Waals surface area contributed by atoms with E-state index in [0.717, 1.165) is 13.0 Å². The molecule has 0 aromatic heterocycles. The molecule has 0 heterocycles. The second kappa shape index (κ2) is 8.68. The first-order valence-corrected chi connectivity index (χ1v) is 5.66. The van der Waals surface area contributed by atoms with Crippen LogP contribution >= 0.6 is 0 Å². The lowest BCUT2D eigenvalue weighted by Gasteiger charge is -2.12. The van der Waals surface area contributed by atoms with Gasteiger partial charge < -0.3 is 15.4 Å². The second-order valence-electron chi connectivity index (χ2n) is 4.04. The molecule has 0 spiro atoms. The standard InChI is InChI=1S/C11H24N2O2/c1-5-10(4)13-11(14)8-15-7-6-12-9(2)3/h9-10,12H,5-8H2,1-4H3,(H,13,14). The molecule has 0 fully saturated rings. The van der Waals surface area contributed by atoms with Crippen LogP contribution in [-0.2, 0) is 9.53 Å². The van der Waals surface area contributed by atoms with Crippen LogP contribution in [-0.4, -0.2) is 37.7 Å². The van der Waals surface area contributed by atoms with E-state index < -0.39 is 0 Å². The van der Waals surface area contributed by atoms with Gasteiger partial charge in [-0.3, -0.25) is 4.79 Å². The molecule has 4 nitrogen and oxygen atoms in total. The molecule has 0 saturated heterocycles. The number of carbonyl (C=O) groups is 1. The molecule has 0 aromatic rings. The minimum atomic E-state index is -0.0334. The van der Waals surface area contributed by atoms with Crippen molar-refractivity contribution in [1.29, 1.82) is 0 Å².